The fraction of sp³-hybridized carbons (Fsp3) is 0.556. The van der Waals surface area contributed by atoms with Crippen molar-refractivity contribution in [1.82, 2.24) is 0 Å². The zero-order chi connectivity index (χ0) is 15.7. The van der Waals surface area contributed by atoms with E-state index in [1.54, 1.807) is 0 Å². The van der Waals surface area contributed by atoms with Crippen LogP contribution >= 0.6 is 0 Å². The number of rotatable bonds is 4. The SMILES string of the molecule is CC(C)[C@@H]1COC(c2[c-]c(C3=N[C@H](C(C)C)CO3)ccc2)=N1.[Rh]. The largest absolute Gasteiger partial charge is 0.510 e. The van der Waals surface area contributed by atoms with Crippen LogP contribution in [0.2, 0.25) is 0 Å². The van der Waals surface area contributed by atoms with Crippen molar-refractivity contribution in [3.8, 4) is 0 Å². The van der Waals surface area contributed by atoms with Crippen LogP contribution in [0, 0.1) is 17.9 Å². The van der Waals surface area contributed by atoms with Gasteiger partial charge in [0.2, 0.25) is 0 Å². The summed E-state index contributed by atoms with van der Waals surface area (Å²) in [5.74, 6) is 2.32. The molecule has 0 fully saturated rings. The van der Waals surface area contributed by atoms with Gasteiger partial charge in [-0.2, -0.15) is 0 Å². The average Bonchev–Trinajstić information content (AvgIpc) is 3.17. The molecule has 2 aliphatic heterocycles. The van der Waals surface area contributed by atoms with Crippen LogP contribution in [0.5, 0.6) is 0 Å². The number of benzene rings is 1. The normalized spacial score (nSPS) is 23.2. The number of aliphatic imine (C=N–C) groups is 2. The fourth-order valence-corrected chi connectivity index (χ4v) is 2.48. The van der Waals surface area contributed by atoms with E-state index in [1.807, 2.05) is 18.2 Å². The average molecular weight is 402 g/mol. The summed E-state index contributed by atoms with van der Waals surface area (Å²) in [7, 11) is 0. The van der Waals surface area contributed by atoms with Crippen molar-refractivity contribution in [3.05, 3.63) is 35.4 Å². The summed E-state index contributed by atoms with van der Waals surface area (Å²) in [5, 5.41) is 0. The van der Waals surface area contributed by atoms with E-state index in [9.17, 15) is 0 Å². The number of hydrogen-bond acceptors (Lipinski definition) is 4. The molecule has 127 valence electrons. The molecule has 3 rings (SSSR count). The summed E-state index contributed by atoms with van der Waals surface area (Å²) >= 11 is 0. The van der Waals surface area contributed by atoms with Crippen molar-refractivity contribution in [3.63, 3.8) is 0 Å². The molecule has 0 spiro atoms. The number of ether oxygens (including phenoxy) is 2. The molecule has 5 heteroatoms. The van der Waals surface area contributed by atoms with Crippen LogP contribution in [0.1, 0.15) is 38.8 Å². The Morgan fingerprint density at radius 1 is 0.913 bits per heavy atom. The van der Waals surface area contributed by atoms with Gasteiger partial charge in [0.15, 0.2) is 0 Å². The quantitative estimate of drug-likeness (QED) is 0.574. The van der Waals surface area contributed by atoms with Gasteiger partial charge in [-0.3, -0.25) is 9.98 Å². The maximum absolute atomic E-state index is 5.73. The Labute approximate surface area is 151 Å². The molecule has 0 amide bonds. The van der Waals surface area contributed by atoms with E-state index >= 15 is 0 Å². The van der Waals surface area contributed by atoms with Crippen molar-refractivity contribution in [2.75, 3.05) is 13.2 Å². The first kappa shape index (κ1) is 18.1. The minimum Gasteiger partial charge on any atom is -0.510 e. The molecule has 2 heterocycles. The van der Waals surface area contributed by atoms with Crippen molar-refractivity contribution in [2.24, 2.45) is 21.8 Å². The van der Waals surface area contributed by atoms with E-state index in [0.717, 1.165) is 11.1 Å². The van der Waals surface area contributed by atoms with E-state index in [-0.39, 0.29) is 31.6 Å². The second-order valence-electron chi connectivity index (χ2n) is 6.59. The second-order valence-corrected chi connectivity index (χ2v) is 6.59. The predicted octanol–water partition coefficient (Wildman–Crippen LogP) is 3.09. The molecule has 0 aliphatic carbocycles. The van der Waals surface area contributed by atoms with E-state index in [1.165, 1.54) is 0 Å². The minimum absolute atomic E-state index is 0. The third kappa shape index (κ3) is 4.01. The summed E-state index contributed by atoms with van der Waals surface area (Å²) in [4.78, 5) is 9.30. The molecule has 0 N–H and O–H groups in total. The first-order valence-corrected chi connectivity index (χ1v) is 7.99. The Morgan fingerprint density at radius 3 is 1.70 bits per heavy atom. The molecule has 2 atom stereocenters. The van der Waals surface area contributed by atoms with Gasteiger partial charge in [-0.25, -0.2) is 0 Å². The van der Waals surface area contributed by atoms with Gasteiger partial charge < -0.3 is 9.47 Å². The molecular weight excluding hydrogens is 379 g/mol. The van der Waals surface area contributed by atoms with Crippen LogP contribution in [0.3, 0.4) is 0 Å². The Kier molecular flexibility index (Phi) is 5.96. The van der Waals surface area contributed by atoms with Crippen LogP contribution < -0.4 is 0 Å². The van der Waals surface area contributed by atoms with E-state index in [2.05, 4.69) is 43.7 Å². The molecule has 0 unspecified atom stereocenters. The molecule has 4 nitrogen and oxygen atoms in total. The van der Waals surface area contributed by atoms with E-state index in [4.69, 9.17) is 9.47 Å². The summed E-state index contributed by atoms with van der Waals surface area (Å²) in [6.07, 6.45) is 0. The van der Waals surface area contributed by atoms with Crippen LogP contribution in [0.4, 0.5) is 0 Å². The molecule has 0 saturated carbocycles. The minimum atomic E-state index is 0. The summed E-state index contributed by atoms with van der Waals surface area (Å²) < 4.78 is 11.5. The Morgan fingerprint density at radius 2 is 1.35 bits per heavy atom. The van der Waals surface area contributed by atoms with Crippen LogP contribution in [0.25, 0.3) is 0 Å². The standard InChI is InChI=1S/C18H23N2O2.Rh/c1-11(2)15-9-21-17(19-15)13-6-5-7-14(8-13)18-20-16(10-22-18)12(3)4;/h5-7,11-12,15-16H,9-10H2,1-4H3;/q-1;/t15-,16-;/m0./s1. The van der Waals surface area contributed by atoms with Gasteiger partial charge in [-0.05, 0) is 11.8 Å². The van der Waals surface area contributed by atoms with Crippen molar-refractivity contribution in [2.45, 2.75) is 39.8 Å². The molecular formula is C18H23N2O2Rh-. The molecule has 23 heavy (non-hydrogen) atoms. The summed E-state index contributed by atoms with van der Waals surface area (Å²) in [6, 6.07) is 9.73. The monoisotopic (exact) mass is 402 g/mol. The maximum atomic E-state index is 5.73. The molecule has 1 aromatic carbocycles. The Balaban J connectivity index is 0.00000192. The molecule has 2 aliphatic rings. The van der Waals surface area contributed by atoms with E-state index < -0.39 is 0 Å². The second kappa shape index (κ2) is 7.57. The third-order valence-corrected chi connectivity index (χ3v) is 4.14. The maximum Gasteiger partial charge on any atom is 0.148 e. The van der Waals surface area contributed by atoms with Crippen molar-refractivity contribution < 1.29 is 29.0 Å². The first-order valence-electron chi connectivity index (χ1n) is 7.99. The van der Waals surface area contributed by atoms with Gasteiger partial charge in [0.1, 0.15) is 25.0 Å². The van der Waals surface area contributed by atoms with Gasteiger partial charge in [-0.15, -0.1) is 24.3 Å². The van der Waals surface area contributed by atoms with Crippen molar-refractivity contribution >= 4 is 11.8 Å². The van der Waals surface area contributed by atoms with Crippen molar-refractivity contribution in [1.29, 1.82) is 0 Å². The Hall–Kier alpha value is -1.22. The van der Waals surface area contributed by atoms with Gasteiger partial charge in [0.25, 0.3) is 0 Å². The topological polar surface area (TPSA) is 43.2 Å². The Bertz CT molecular complexity index is 562. The first-order chi connectivity index (χ1) is 10.5. The molecule has 0 aromatic heterocycles. The zero-order valence-electron chi connectivity index (χ0n) is 14.0. The van der Waals surface area contributed by atoms with Gasteiger partial charge in [0.05, 0.1) is 12.1 Å². The van der Waals surface area contributed by atoms with Gasteiger partial charge in [-0.1, -0.05) is 38.8 Å². The fourth-order valence-electron chi connectivity index (χ4n) is 2.48. The number of nitrogens with zero attached hydrogens (tertiary/aromatic N) is 2. The predicted molar refractivity (Wildman–Crippen MR) is 87.5 cm³/mol. The van der Waals surface area contributed by atoms with Gasteiger partial charge >= 0.3 is 0 Å². The molecule has 0 saturated heterocycles. The van der Waals surface area contributed by atoms with Gasteiger partial charge in [0, 0.05) is 19.5 Å². The molecule has 1 aromatic rings. The smallest absolute Gasteiger partial charge is 0.148 e. The van der Waals surface area contributed by atoms with Crippen LogP contribution in [0.15, 0.2) is 28.2 Å². The summed E-state index contributed by atoms with van der Waals surface area (Å²) in [6.45, 7) is 9.94. The number of hydrogen-bond donors (Lipinski definition) is 0. The molecule has 1 radical (unpaired) electrons. The van der Waals surface area contributed by atoms with Crippen LogP contribution in [-0.2, 0) is 29.0 Å². The summed E-state index contributed by atoms with van der Waals surface area (Å²) in [5.41, 5.74) is 1.75. The third-order valence-electron chi connectivity index (χ3n) is 4.14. The van der Waals surface area contributed by atoms with E-state index in [0.29, 0.717) is 36.8 Å². The zero-order valence-corrected chi connectivity index (χ0v) is 15.6. The van der Waals surface area contributed by atoms with Crippen LogP contribution in [-0.4, -0.2) is 37.1 Å². The molecule has 0 bridgehead atoms.